The predicted octanol–water partition coefficient (Wildman–Crippen LogP) is 4.06. The van der Waals surface area contributed by atoms with Crippen molar-refractivity contribution in [2.45, 2.75) is 0 Å². The molecule has 1 aromatic carbocycles. The number of thiophene rings is 1. The number of benzene rings is 1. The van der Waals surface area contributed by atoms with E-state index >= 15 is 0 Å². The Bertz CT molecular complexity index is 875. The number of ether oxygens (including phenoxy) is 1. The van der Waals surface area contributed by atoms with Crippen molar-refractivity contribution in [3.8, 4) is 5.75 Å². The molecule has 0 aliphatic carbocycles. The lowest BCUT2D eigenvalue weighted by atomic mass is 10.3. The Morgan fingerprint density at radius 3 is 2.65 bits per heavy atom. The lowest BCUT2D eigenvalue weighted by molar-refractivity contribution is 0.0952. The molecule has 2 amide bonds. The van der Waals surface area contributed by atoms with E-state index in [4.69, 9.17) is 20.8 Å². The highest BCUT2D eigenvalue weighted by molar-refractivity contribution is 7.12. The fraction of sp³-hybridized carbons (Fsp3) is 0.111. The molecule has 26 heavy (non-hydrogen) atoms. The van der Waals surface area contributed by atoms with Crippen LogP contribution in [0.4, 0.5) is 5.69 Å². The first-order chi connectivity index (χ1) is 12.6. The molecule has 0 aliphatic rings. The first-order valence-electron chi connectivity index (χ1n) is 7.71. The topological polar surface area (TPSA) is 80.6 Å². The molecule has 0 unspecified atom stereocenters. The third kappa shape index (κ3) is 4.65. The standard InChI is InChI=1S/C18H15ClN2O4S/c19-13-1-3-14(4-2-13)25-9-7-20-18(23)16-15(6-10-26-16)21-17(22)12-5-8-24-11-12/h1-6,8,10-11H,7,9H2,(H,20,23)(H,21,22). The Labute approximate surface area is 158 Å². The molecule has 0 saturated carbocycles. The van der Waals surface area contributed by atoms with E-state index in [0.29, 0.717) is 40.1 Å². The van der Waals surface area contributed by atoms with Crippen LogP contribution in [-0.4, -0.2) is 25.0 Å². The minimum Gasteiger partial charge on any atom is -0.492 e. The van der Waals surface area contributed by atoms with E-state index < -0.39 is 0 Å². The van der Waals surface area contributed by atoms with Gasteiger partial charge in [-0.15, -0.1) is 11.3 Å². The zero-order chi connectivity index (χ0) is 18.4. The highest BCUT2D eigenvalue weighted by Crippen LogP contribution is 2.23. The molecule has 0 bridgehead atoms. The first-order valence-corrected chi connectivity index (χ1v) is 8.97. The molecule has 0 saturated heterocycles. The van der Waals surface area contributed by atoms with Gasteiger partial charge in [-0.1, -0.05) is 11.6 Å². The summed E-state index contributed by atoms with van der Waals surface area (Å²) in [5, 5.41) is 7.84. The molecule has 0 spiro atoms. The third-order valence-corrected chi connectivity index (χ3v) is 4.54. The highest BCUT2D eigenvalue weighted by atomic mass is 35.5. The molecule has 134 valence electrons. The Morgan fingerprint density at radius 1 is 1.12 bits per heavy atom. The van der Waals surface area contributed by atoms with Crippen LogP contribution < -0.4 is 15.4 Å². The molecule has 6 nitrogen and oxygen atoms in total. The Balaban J connectivity index is 1.50. The Kier molecular flexibility index (Phi) is 5.93. The Morgan fingerprint density at radius 2 is 1.92 bits per heavy atom. The minimum atomic E-state index is -0.336. The average molecular weight is 391 g/mol. The van der Waals surface area contributed by atoms with Gasteiger partial charge in [-0.3, -0.25) is 9.59 Å². The molecule has 3 aromatic rings. The summed E-state index contributed by atoms with van der Waals surface area (Å²) < 4.78 is 10.4. The maximum atomic E-state index is 12.3. The third-order valence-electron chi connectivity index (χ3n) is 3.37. The van der Waals surface area contributed by atoms with Gasteiger partial charge in [-0.05, 0) is 41.8 Å². The molecule has 8 heteroatoms. The molecular formula is C18H15ClN2O4S. The summed E-state index contributed by atoms with van der Waals surface area (Å²) in [6.07, 6.45) is 2.76. The average Bonchev–Trinajstić information content (AvgIpc) is 3.32. The van der Waals surface area contributed by atoms with Crippen molar-refractivity contribution in [1.82, 2.24) is 5.32 Å². The van der Waals surface area contributed by atoms with Crippen molar-refractivity contribution in [3.05, 3.63) is 69.8 Å². The number of hydrogen-bond donors (Lipinski definition) is 2. The lowest BCUT2D eigenvalue weighted by Gasteiger charge is -2.09. The molecule has 0 aliphatic heterocycles. The molecule has 0 atom stereocenters. The van der Waals surface area contributed by atoms with Gasteiger partial charge in [-0.2, -0.15) is 0 Å². The number of furan rings is 1. The summed E-state index contributed by atoms with van der Waals surface area (Å²) in [5.74, 6) is 0.0623. The molecule has 0 radical (unpaired) electrons. The van der Waals surface area contributed by atoms with Gasteiger partial charge >= 0.3 is 0 Å². The largest absolute Gasteiger partial charge is 0.492 e. The Hall–Kier alpha value is -2.77. The van der Waals surface area contributed by atoms with Crippen LogP contribution in [0.1, 0.15) is 20.0 Å². The monoisotopic (exact) mass is 390 g/mol. The summed E-state index contributed by atoms with van der Waals surface area (Å²) in [7, 11) is 0. The normalized spacial score (nSPS) is 10.3. The number of anilines is 1. The second kappa shape index (κ2) is 8.55. The van der Waals surface area contributed by atoms with E-state index in [1.165, 1.54) is 23.9 Å². The van der Waals surface area contributed by atoms with Crippen molar-refractivity contribution in [2.75, 3.05) is 18.5 Å². The number of nitrogens with one attached hydrogen (secondary N) is 2. The van der Waals surface area contributed by atoms with Crippen LogP contribution in [0.2, 0.25) is 5.02 Å². The lowest BCUT2D eigenvalue weighted by Crippen LogP contribution is -2.28. The van der Waals surface area contributed by atoms with Gasteiger partial charge < -0.3 is 19.8 Å². The summed E-state index contributed by atoms with van der Waals surface area (Å²) in [6.45, 7) is 0.643. The molecule has 3 rings (SSSR count). The summed E-state index contributed by atoms with van der Waals surface area (Å²) >= 11 is 7.06. The van der Waals surface area contributed by atoms with Crippen LogP contribution in [0.25, 0.3) is 0 Å². The van der Waals surface area contributed by atoms with Gasteiger partial charge in [-0.25, -0.2) is 0 Å². The highest BCUT2D eigenvalue weighted by Gasteiger charge is 2.16. The molecule has 2 heterocycles. The SMILES string of the molecule is O=C(Nc1ccsc1C(=O)NCCOc1ccc(Cl)cc1)c1ccoc1. The van der Waals surface area contributed by atoms with E-state index in [1.807, 2.05) is 0 Å². The van der Waals surface area contributed by atoms with Gasteiger partial charge in [0.25, 0.3) is 11.8 Å². The zero-order valence-electron chi connectivity index (χ0n) is 13.5. The van der Waals surface area contributed by atoms with E-state index in [0.717, 1.165) is 0 Å². The quantitative estimate of drug-likeness (QED) is 0.596. The van der Waals surface area contributed by atoms with E-state index in [9.17, 15) is 9.59 Å². The zero-order valence-corrected chi connectivity index (χ0v) is 15.1. The summed E-state index contributed by atoms with van der Waals surface area (Å²) in [6, 6.07) is 10.2. The van der Waals surface area contributed by atoms with Gasteiger partial charge in [0.2, 0.25) is 0 Å². The van der Waals surface area contributed by atoms with Crippen molar-refractivity contribution in [1.29, 1.82) is 0 Å². The first kappa shape index (κ1) is 18.0. The van der Waals surface area contributed by atoms with Gasteiger partial charge in [0.05, 0.1) is 24.1 Å². The van der Waals surface area contributed by atoms with Crippen molar-refractivity contribution in [2.24, 2.45) is 0 Å². The van der Waals surface area contributed by atoms with E-state index in [1.54, 1.807) is 41.8 Å². The van der Waals surface area contributed by atoms with E-state index in [2.05, 4.69) is 10.6 Å². The molecule has 2 aromatic heterocycles. The number of rotatable bonds is 7. The number of carbonyl (C=O) groups is 2. The van der Waals surface area contributed by atoms with Crippen LogP contribution >= 0.6 is 22.9 Å². The van der Waals surface area contributed by atoms with Crippen molar-refractivity contribution >= 4 is 40.4 Å². The maximum Gasteiger partial charge on any atom is 0.263 e. The smallest absolute Gasteiger partial charge is 0.263 e. The summed E-state index contributed by atoms with van der Waals surface area (Å²) in [4.78, 5) is 24.8. The molecular weight excluding hydrogens is 376 g/mol. The van der Waals surface area contributed by atoms with Crippen molar-refractivity contribution in [3.63, 3.8) is 0 Å². The number of amides is 2. The second-order valence-electron chi connectivity index (χ2n) is 5.19. The van der Waals surface area contributed by atoms with E-state index in [-0.39, 0.29) is 11.8 Å². The summed E-state index contributed by atoms with van der Waals surface area (Å²) in [5.41, 5.74) is 0.844. The van der Waals surface area contributed by atoms with Crippen LogP contribution in [0.15, 0.2) is 58.7 Å². The second-order valence-corrected chi connectivity index (χ2v) is 6.54. The van der Waals surface area contributed by atoms with Gasteiger partial charge in [0.1, 0.15) is 23.5 Å². The fourth-order valence-corrected chi connectivity index (χ4v) is 3.01. The van der Waals surface area contributed by atoms with Crippen LogP contribution in [0.5, 0.6) is 5.75 Å². The number of carbonyl (C=O) groups excluding carboxylic acids is 2. The minimum absolute atomic E-state index is 0.276. The maximum absolute atomic E-state index is 12.3. The number of hydrogen-bond acceptors (Lipinski definition) is 5. The fourth-order valence-electron chi connectivity index (χ4n) is 2.12. The molecule has 2 N–H and O–H groups in total. The van der Waals surface area contributed by atoms with Crippen LogP contribution in [0, 0.1) is 0 Å². The van der Waals surface area contributed by atoms with Gasteiger partial charge in [0, 0.05) is 5.02 Å². The van der Waals surface area contributed by atoms with Crippen molar-refractivity contribution < 1.29 is 18.7 Å². The van der Waals surface area contributed by atoms with Crippen LogP contribution in [-0.2, 0) is 0 Å². The predicted molar refractivity (Wildman–Crippen MR) is 100 cm³/mol. The van der Waals surface area contributed by atoms with Crippen LogP contribution in [0.3, 0.4) is 0 Å². The van der Waals surface area contributed by atoms with Gasteiger partial charge in [0.15, 0.2) is 0 Å². The molecule has 0 fully saturated rings. The number of halogens is 1.